The maximum atomic E-state index is 4.45. The summed E-state index contributed by atoms with van der Waals surface area (Å²) in [7, 11) is 3.88. The summed E-state index contributed by atoms with van der Waals surface area (Å²) in [5.41, 5.74) is 1.38. The van der Waals surface area contributed by atoms with E-state index in [9.17, 15) is 0 Å². The third kappa shape index (κ3) is 3.95. The minimum absolute atomic E-state index is 0.541. The Morgan fingerprint density at radius 3 is 2.60 bits per heavy atom. The van der Waals surface area contributed by atoms with Gasteiger partial charge in [-0.15, -0.1) is 0 Å². The van der Waals surface area contributed by atoms with Gasteiger partial charge in [-0.1, -0.05) is 37.3 Å². The van der Waals surface area contributed by atoms with Gasteiger partial charge in [-0.2, -0.15) is 4.98 Å². The maximum Gasteiger partial charge on any atom is 0.226 e. The topological polar surface area (TPSA) is 41.1 Å². The molecule has 1 aromatic heterocycles. The van der Waals surface area contributed by atoms with Gasteiger partial charge in [0, 0.05) is 26.8 Å². The molecule has 4 heteroatoms. The van der Waals surface area contributed by atoms with Gasteiger partial charge in [0.1, 0.15) is 5.82 Å². The van der Waals surface area contributed by atoms with Gasteiger partial charge in [0.05, 0.1) is 0 Å². The summed E-state index contributed by atoms with van der Waals surface area (Å²) in [4.78, 5) is 10.6. The lowest BCUT2D eigenvalue weighted by Gasteiger charge is -2.14. The first-order chi connectivity index (χ1) is 9.66. The monoisotopic (exact) mass is 270 g/mol. The van der Waals surface area contributed by atoms with E-state index in [2.05, 4.69) is 52.5 Å². The van der Waals surface area contributed by atoms with E-state index in [1.165, 1.54) is 5.56 Å². The Hall–Kier alpha value is -2.10. The summed E-state index contributed by atoms with van der Waals surface area (Å²) in [6.07, 6.45) is 2.86. The molecule has 0 bridgehead atoms. The number of nitrogens with zero attached hydrogens (tertiary/aromatic N) is 3. The first-order valence-electron chi connectivity index (χ1n) is 6.96. The Bertz CT molecular complexity index is 525. The Morgan fingerprint density at radius 2 is 1.90 bits per heavy atom. The van der Waals surface area contributed by atoms with Gasteiger partial charge in [-0.25, -0.2) is 4.98 Å². The summed E-state index contributed by atoms with van der Waals surface area (Å²) in [5, 5.41) is 3.36. The number of aromatic nitrogens is 2. The van der Waals surface area contributed by atoms with Crippen molar-refractivity contribution in [3.05, 3.63) is 48.2 Å². The molecule has 0 aliphatic carbocycles. The number of anilines is 2. The smallest absolute Gasteiger partial charge is 0.226 e. The van der Waals surface area contributed by atoms with Gasteiger partial charge >= 0.3 is 0 Å². The molecule has 1 unspecified atom stereocenters. The lowest BCUT2D eigenvalue weighted by molar-refractivity contribution is 0.704. The van der Waals surface area contributed by atoms with E-state index in [0.717, 1.165) is 24.7 Å². The van der Waals surface area contributed by atoms with Crippen molar-refractivity contribution in [2.24, 2.45) is 0 Å². The van der Waals surface area contributed by atoms with Crippen LogP contribution in [-0.2, 0) is 0 Å². The van der Waals surface area contributed by atoms with E-state index in [1.807, 2.05) is 25.1 Å². The van der Waals surface area contributed by atoms with Crippen molar-refractivity contribution in [3.8, 4) is 0 Å². The summed E-state index contributed by atoms with van der Waals surface area (Å²) < 4.78 is 0. The first-order valence-corrected chi connectivity index (χ1v) is 6.96. The van der Waals surface area contributed by atoms with Gasteiger partial charge in [-0.05, 0) is 24.0 Å². The molecule has 2 aromatic rings. The number of rotatable bonds is 6. The molecule has 0 fully saturated rings. The second-order valence-corrected chi connectivity index (χ2v) is 5.16. The Kier molecular flexibility index (Phi) is 4.93. The minimum Gasteiger partial charge on any atom is -0.370 e. The number of nitrogens with one attached hydrogen (secondary N) is 1. The third-order valence-electron chi connectivity index (χ3n) is 3.29. The summed E-state index contributed by atoms with van der Waals surface area (Å²) in [6, 6.07) is 12.5. The normalized spacial score (nSPS) is 11.9. The van der Waals surface area contributed by atoms with Crippen molar-refractivity contribution in [2.45, 2.75) is 19.3 Å². The quantitative estimate of drug-likeness (QED) is 0.875. The lowest BCUT2D eigenvalue weighted by Crippen LogP contribution is -2.14. The van der Waals surface area contributed by atoms with E-state index < -0.39 is 0 Å². The van der Waals surface area contributed by atoms with Gasteiger partial charge in [0.2, 0.25) is 5.95 Å². The largest absolute Gasteiger partial charge is 0.370 e. The highest BCUT2D eigenvalue weighted by molar-refractivity contribution is 5.40. The molecular formula is C16H22N4. The molecule has 0 amide bonds. The van der Waals surface area contributed by atoms with Crippen molar-refractivity contribution >= 4 is 11.8 Å². The second-order valence-electron chi connectivity index (χ2n) is 5.16. The average molecular weight is 270 g/mol. The van der Waals surface area contributed by atoms with Gasteiger partial charge in [0.15, 0.2) is 0 Å². The van der Waals surface area contributed by atoms with Crippen LogP contribution in [0, 0.1) is 0 Å². The summed E-state index contributed by atoms with van der Waals surface area (Å²) >= 11 is 0. The van der Waals surface area contributed by atoms with E-state index in [4.69, 9.17) is 0 Å². The highest BCUT2D eigenvalue weighted by Crippen LogP contribution is 2.18. The SMILES string of the molecule is CC(CCNc1ccnc(N(C)C)n1)c1ccccc1. The zero-order chi connectivity index (χ0) is 14.4. The van der Waals surface area contributed by atoms with E-state index in [1.54, 1.807) is 6.20 Å². The molecule has 0 aliphatic heterocycles. The fraction of sp³-hybridized carbons (Fsp3) is 0.375. The maximum absolute atomic E-state index is 4.45. The lowest BCUT2D eigenvalue weighted by atomic mass is 9.98. The molecule has 1 atom stereocenters. The minimum atomic E-state index is 0.541. The molecule has 20 heavy (non-hydrogen) atoms. The predicted molar refractivity (Wildman–Crippen MR) is 84.3 cm³/mol. The number of benzene rings is 1. The Labute approximate surface area is 120 Å². The number of hydrogen-bond acceptors (Lipinski definition) is 4. The van der Waals surface area contributed by atoms with Crippen molar-refractivity contribution in [3.63, 3.8) is 0 Å². The standard InChI is InChI=1S/C16H22N4/c1-13(14-7-5-4-6-8-14)9-11-17-15-10-12-18-16(19-15)20(2)3/h4-8,10,12-13H,9,11H2,1-3H3,(H,17,18,19). The van der Waals surface area contributed by atoms with Crippen LogP contribution < -0.4 is 10.2 Å². The number of hydrogen-bond donors (Lipinski definition) is 1. The summed E-state index contributed by atoms with van der Waals surface area (Å²) in [6.45, 7) is 3.15. The molecule has 2 rings (SSSR count). The van der Waals surface area contributed by atoms with Crippen molar-refractivity contribution in [1.29, 1.82) is 0 Å². The molecule has 0 saturated carbocycles. The zero-order valence-electron chi connectivity index (χ0n) is 12.4. The molecular weight excluding hydrogens is 248 g/mol. The first kappa shape index (κ1) is 14.3. The van der Waals surface area contributed by atoms with Gasteiger partial charge in [-0.3, -0.25) is 0 Å². The second kappa shape index (κ2) is 6.89. The van der Waals surface area contributed by atoms with Crippen molar-refractivity contribution in [2.75, 3.05) is 30.9 Å². The molecule has 4 nitrogen and oxygen atoms in total. The Balaban J connectivity index is 1.85. The molecule has 1 heterocycles. The zero-order valence-corrected chi connectivity index (χ0v) is 12.4. The van der Waals surface area contributed by atoms with Crippen molar-refractivity contribution < 1.29 is 0 Å². The van der Waals surface area contributed by atoms with Crippen LogP contribution in [-0.4, -0.2) is 30.6 Å². The molecule has 0 spiro atoms. The highest BCUT2D eigenvalue weighted by atomic mass is 15.2. The molecule has 1 N–H and O–H groups in total. The van der Waals surface area contributed by atoms with Crippen molar-refractivity contribution in [1.82, 2.24) is 9.97 Å². The van der Waals surface area contributed by atoms with E-state index in [0.29, 0.717) is 5.92 Å². The van der Waals surface area contributed by atoms with E-state index >= 15 is 0 Å². The van der Waals surface area contributed by atoms with Crippen LogP contribution in [0.25, 0.3) is 0 Å². The van der Waals surface area contributed by atoms with Crippen LogP contribution in [0.1, 0.15) is 24.8 Å². The van der Waals surface area contributed by atoms with Gasteiger partial charge < -0.3 is 10.2 Å². The van der Waals surface area contributed by atoms with Crippen LogP contribution in [0.2, 0.25) is 0 Å². The molecule has 0 radical (unpaired) electrons. The fourth-order valence-corrected chi connectivity index (χ4v) is 2.03. The predicted octanol–water partition coefficient (Wildman–Crippen LogP) is 3.15. The average Bonchev–Trinajstić information content (AvgIpc) is 2.48. The van der Waals surface area contributed by atoms with Crippen LogP contribution >= 0.6 is 0 Å². The molecule has 0 saturated heterocycles. The fourth-order valence-electron chi connectivity index (χ4n) is 2.03. The molecule has 106 valence electrons. The molecule has 1 aromatic carbocycles. The molecule has 0 aliphatic rings. The van der Waals surface area contributed by atoms with Crippen LogP contribution in [0.15, 0.2) is 42.6 Å². The van der Waals surface area contributed by atoms with Crippen LogP contribution in [0.5, 0.6) is 0 Å². The van der Waals surface area contributed by atoms with Crippen LogP contribution in [0.3, 0.4) is 0 Å². The Morgan fingerprint density at radius 1 is 1.15 bits per heavy atom. The van der Waals surface area contributed by atoms with Gasteiger partial charge in [0.25, 0.3) is 0 Å². The van der Waals surface area contributed by atoms with E-state index in [-0.39, 0.29) is 0 Å². The third-order valence-corrected chi connectivity index (χ3v) is 3.29. The van der Waals surface area contributed by atoms with Crippen LogP contribution in [0.4, 0.5) is 11.8 Å². The highest BCUT2D eigenvalue weighted by Gasteiger charge is 2.05. The summed E-state index contributed by atoms with van der Waals surface area (Å²) in [5.74, 6) is 2.15.